The summed E-state index contributed by atoms with van der Waals surface area (Å²) in [5, 5.41) is 20.7. The number of pyridine rings is 4. The highest BCUT2D eigenvalue weighted by Gasteiger charge is 2.33. The zero-order chi connectivity index (χ0) is 92.3. The maximum atomic E-state index is 13.4. The van der Waals surface area contributed by atoms with Gasteiger partial charge in [-0.25, -0.2) is 76.7 Å². The van der Waals surface area contributed by atoms with Crippen molar-refractivity contribution in [3.8, 4) is 44.5 Å². The molecule has 36 heteroatoms. The van der Waals surface area contributed by atoms with Crippen LogP contribution in [0.5, 0.6) is 0 Å². The van der Waals surface area contributed by atoms with E-state index in [9.17, 15) is 42.9 Å². The predicted octanol–water partition coefficient (Wildman–Crippen LogP) is 16.0. The molecule has 8 aromatic carbocycles. The number of hydrogen-bond donors (Lipinski definition) is 8. The first kappa shape index (κ1) is 88.8. The second-order valence-electron chi connectivity index (χ2n) is 33.6. The van der Waals surface area contributed by atoms with E-state index in [1.54, 1.807) is 119 Å². The highest BCUT2D eigenvalue weighted by molar-refractivity contribution is 7.93. The van der Waals surface area contributed by atoms with Gasteiger partial charge in [0.1, 0.15) is 5.82 Å². The zero-order valence-corrected chi connectivity index (χ0v) is 76.3. The molecule has 0 radical (unpaired) electrons. The average molecular weight is 1840 g/mol. The molecule has 1 amide bonds. The molecule has 8 heterocycles. The first-order chi connectivity index (χ1) is 62.6. The van der Waals surface area contributed by atoms with Crippen LogP contribution >= 0.6 is 0 Å². The number of halogens is 1. The third-order valence-electron chi connectivity index (χ3n) is 23.1. The molecule has 12 N–H and O–H groups in total. The van der Waals surface area contributed by atoms with Crippen molar-refractivity contribution in [1.29, 1.82) is 0 Å². The van der Waals surface area contributed by atoms with Crippen molar-refractivity contribution in [1.82, 2.24) is 68.9 Å². The monoisotopic (exact) mass is 1840 g/mol. The van der Waals surface area contributed by atoms with E-state index in [-0.39, 0.29) is 25.5 Å². The molecule has 31 nitrogen and oxygen atoms in total. The first-order valence-corrected chi connectivity index (χ1v) is 48.5. The van der Waals surface area contributed by atoms with E-state index in [0.717, 1.165) is 181 Å². The largest absolute Gasteiger partial charge is 0.382 e. The normalized spacial score (nSPS) is 14.0. The molecule has 4 aliphatic carbocycles. The van der Waals surface area contributed by atoms with Crippen molar-refractivity contribution in [3.63, 3.8) is 0 Å². The van der Waals surface area contributed by atoms with Crippen molar-refractivity contribution in [2.24, 2.45) is 21.1 Å². The van der Waals surface area contributed by atoms with E-state index < -0.39 is 45.9 Å². The van der Waals surface area contributed by atoms with Crippen LogP contribution in [-0.2, 0) is 74.3 Å². The molecule has 4 fully saturated rings. The van der Waals surface area contributed by atoms with Gasteiger partial charge in [0.05, 0.1) is 41.1 Å². The Bertz CT molecular complexity index is 7560. The molecule has 0 spiro atoms. The number of fused-ring (bicyclic) bond motifs is 4. The number of nitrogens with one attached hydrogen (secondary N) is 4. The van der Waals surface area contributed by atoms with Crippen LogP contribution in [0.4, 0.5) is 50.4 Å². The van der Waals surface area contributed by atoms with Crippen LogP contribution in [0.25, 0.3) is 88.6 Å². The van der Waals surface area contributed by atoms with Gasteiger partial charge in [-0.05, 0) is 262 Å². The van der Waals surface area contributed by atoms with Crippen molar-refractivity contribution < 1.29 is 42.9 Å². The molecule has 672 valence electrons. The molecule has 16 aromatic rings. The fourth-order valence-corrected chi connectivity index (χ4v) is 20.0. The van der Waals surface area contributed by atoms with E-state index in [1.807, 2.05) is 118 Å². The van der Waals surface area contributed by atoms with Gasteiger partial charge in [0.25, 0.3) is 46.0 Å². The SMILES string of the molecule is CCn1nc(N)c2c(-c3ccc(NS(=O)(=O)c4ccccc4)cc3)cc(C3CC3)nc21.CN(C)C(=O)c1ccc(S(=O)(=O)Nc2ccc(-c3cc(C4CC4)nc4c3c(N)nn4C)cc2)cc1.CN(C)Cc1ccc(S(=O)(=O)Nc2ccc(-c3cc(C4CC4)nc4c3c(N)nn4C)cc2)cc1.Cn1nc(N)c2c(-c3ccc(NS(=O)(=O)c4cccc(F)c4)cc3)cc(C3CC3)nc21. The third-order valence-corrected chi connectivity index (χ3v) is 28.6. The lowest BCUT2D eigenvalue weighted by Crippen LogP contribution is -2.21. The van der Waals surface area contributed by atoms with Gasteiger partial charge in [0.2, 0.25) is 0 Å². The number of nitrogens with two attached hydrogens (primary N) is 4. The standard InChI is InChI=1S/C25H26N6O3S.C25H28N6O2S.C23H23N5O2S.C22H20FN5O2S/c1-30(2)25(32)17-8-12-19(13-9-17)35(33,34)29-18-10-6-15(7-11-18)20-14-21(16-4-5-16)27-24-22(20)23(26)28-31(24)3;1-30(2)15-16-4-12-20(13-5-16)34(32,33)29-19-10-8-17(9-11-19)21-14-22(18-6-7-18)27-25-23(21)24(26)28-31(25)3;1-2-28-23-21(22(24)26-28)19(14-20(25-23)16-8-9-16)15-10-12-17(13-11-15)27-31(29,30)18-6-4-3-5-7-18;1-28-22-20(21(24)26-28)18(12-19(25-22)14-5-6-14)13-7-9-16(10-8-13)27-31(29,30)17-4-2-3-15(23)11-17/h6-14,16,29H,4-5H2,1-3H3,(H2,26,28);4-5,8-14,18,29H,6-7,15H2,1-3H3,(H2,26,28);3-7,10-14,16,27H,2,8-9H2,1H3,(H2,24,26);2-4,7-12,14,27H,5-6H2,1H3,(H2,24,26). The van der Waals surface area contributed by atoms with Crippen LogP contribution in [0.1, 0.15) is 121 Å². The quantitative estimate of drug-likeness (QED) is 0.0278. The minimum Gasteiger partial charge on any atom is -0.382 e. The number of amides is 1. The van der Waals surface area contributed by atoms with Gasteiger partial charge in [-0.1, -0.05) is 84.9 Å². The molecule has 131 heavy (non-hydrogen) atoms. The summed E-state index contributed by atoms with van der Waals surface area (Å²) in [4.78, 5) is 35.1. The average Bonchev–Trinajstić information content (AvgIpc) is 1.51. The molecule has 0 aliphatic heterocycles. The van der Waals surface area contributed by atoms with Gasteiger partial charge in [0.15, 0.2) is 45.9 Å². The number of carbonyl (C=O) groups is 1. The number of carbonyl (C=O) groups excluding carboxylic acids is 1. The number of nitrogen functional groups attached to an aromatic ring is 4. The number of aryl methyl sites for hydroxylation is 4. The van der Waals surface area contributed by atoms with Crippen LogP contribution in [-0.4, -0.2) is 137 Å². The Balaban J connectivity index is 0.000000122. The Hall–Kier alpha value is -14.2. The van der Waals surface area contributed by atoms with Gasteiger partial charge >= 0.3 is 0 Å². The molecular formula is C95H97FN22O9S4. The number of hydrogen-bond acceptors (Lipinski definition) is 22. The molecule has 4 saturated carbocycles. The van der Waals surface area contributed by atoms with Crippen molar-refractivity contribution in [2.75, 3.05) is 70.0 Å². The lowest BCUT2D eigenvalue weighted by Gasteiger charge is -2.12. The number of benzene rings is 8. The van der Waals surface area contributed by atoms with E-state index in [0.29, 0.717) is 81.8 Å². The molecule has 8 aromatic heterocycles. The molecule has 0 saturated heterocycles. The van der Waals surface area contributed by atoms with Crippen LogP contribution < -0.4 is 41.8 Å². The molecule has 0 unspecified atom stereocenters. The van der Waals surface area contributed by atoms with Crippen LogP contribution in [0, 0.1) is 5.82 Å². The Morgan fingerprint density at radius 1 is 0.374 bits per heavy atom. The summed E-state index contributed by atoms with van der Waals surface area (Å²) < 4.78 is 133. The highest BCUT2D eigenvalue weighted by atomic mass is 32.2. The zero-order valence-electron chi connectivity index (χ0n) is 73.0. The van der Waals surface area contributed by atoms with Crippen molar-refractivity contribution in [3.05, 3.63) is 264 Å². The Morgan fingerprint density at radius 3 is 0.985 bits per heavy atom. The summed E-state index contributed by atoms with van der Waals surface area (Å²) in [5.74, 6) is 2.78. The fourth-order valence-electron chi connectivity index (χ4n) is 15.7. The second-order valence-corrected chi connectivity index (χ2v) is 40.3. The van der Waals surface area contributed by atoms with Gasteiger partial charge in [-0.2, -0.15) is 20.4 Å². The number of rotatable bonds is 24. The Labute approximate surface area is 757 Å². The number of nitrogens with zero attached hydrogens (tertiary/aromatic N) is 14. The number of anilines is 8. The van der Waals surface area contributed by atoms with E-state index in [1.165, 1.54) is 47.4 Å². The Kier molecular flexibility index (Phi) is 24.2. The molecular weight excluding hydrogens is 1740 g/mol. The minimum absolute atomic E-state index is 0.0740. The van der Waals surface area contributed by atoms with E-state index in [2.05, 4.69) is 57.5 Å². The third kappa shape index (κ3) is 19.4. The molecule has 20 rings (SSSR count). The maximum absolute atomic E-state index is 13.4. The smallest absolute Gasteiger partial charge is 0.261 e. The molecule has 0 atom stereocenters. The van der Waals surface area contributed by atoms with Gasteiger partial charge in [-0.15, -0.1) is 0 Å². The summed E-state index contributed by atoms with van der Waals surface area (Å²) in [6.45, 7) is 3.46. The lowest BCUT2D eigenvalue weighted by atomic mass is 10.0. The second kappa shape index (κ2) is 35.7. The summed E-state index contributed by atoms with van der Waals surface area (Å²) >= 11 is 0. The summed E-state index contributed by atoms with van der Waals surface area (Å²) in [5.41, 5.74) is 42.7. The van der Waals surface area contributed by atoms with E-state index >= 15 is 0 Å². The summed E-state index contributed by atoms with van der Waals surface area (Å²) in [6, 6.07) is 63.1. The summed E-state index contributed by atoms with van der Waals surface area (Å²) in [6.07, 6.45) is 9.05. The van der Waals surface area contributed by atoms with Crippen LogP contribution in [0.15, 0.2) is 244 Å². The topological polar surface area (TPSA) is 435 Å². The van der Waals surface area contributed by atoms with Crippen LogP contribution in [0.3, 0.4) is 0 Å². The predicted molar refractivity (Wildman–Crippen MR) is 510 cm³/mol. The van der Waals surface area contributed by atoms with Crippen molar-refractivity contribution >= 4 is 136 Å². The maximum Gasteiger partial charge on any atom is 0.261 e. The Morgan fingerprint density at radius 2 is 0.672 bits per heavy atom. The lowest BCUT2D eigenvalue weighted by molar-refractivity contribution is 0.0827. The van der Waals surface area contributed by atoms with Gasteiger partial charge in [-0.3, -0.25) is 23.7 Å². The summed E-state index contributed by atoms with van der Waals surface area (Å²) in [7, 11) is -2.32. The van der Waals surface area contributed by atoms with E-state index in [4.69, 9.17) is 42.9 Å². The van der Waals surface area contributed by atoms with Gasteiger partial charge < -0.3 is 32.7 Å². The molecule has 0 bridgehead atoms. The van der Waals surface area contributed by atoms with Crippen molar-refractivity contribution in [2.45, 2.75) is 115 Å². The van der Waals surface area contributed by atoms with Crippen LogP contribution in [0.2, 0.25) is 0 Å². The fraction of sp³-hybridized carbons (Fsp3) is 0.232. The van der Waals surface area contributed by atoms with Gasteiger partial charge in [0, 0.05) is 123 Å². The highest BCUT2D eigenvalue weighted by Crippen LogP contribution is 2.48. The first-order valence-electron chi connectivity index (χ1n) is 42.6. The number of aromatic nitrogens is 12. The molecule has 4 aliphatic rings. The number of sulfonamides is 4. The minimum atomic E-state index is -3.89.